The van der Waals surface area contributed by atoms with Crippen LogP contribution in [0.25, 0.3) is 0 Å². The molecule has 0 amide bonds. The maximum Gasteiger partial charge on any atom is 0.115 e. The van der Waals surface area contributed by atoms with E-state index in [0.29, 0.717) is 11.8 Å². The van der Waals surface area contributed by atoms with E-state index in [1.54, 1.807) is 12.1 Å². The van der Waals surface area contributed by atoms with Crippen LogP contribution < -0.4 is 0 Å². The molecular weight excluding hydrogens is 198 g/mol. The lowest BCUT2D eigenvalue weighted by molar-refractivity contribution is 0.221. The Morgan fingerprint density at radius 2 is 1.69 bits per heavy atom. The molecule has 0 aliphatic heterocycles. The van der Waals surface area contributed by atoms with Gasteiger partial charge in [-0.25, -0.2) is 0 Å². The second-order valence-electron chi connectivity index (χ2n) is 4.28. The van der Waals surface area contributed by atoms with Crippen molar-refractivity contribution in [1.82, 2.24) is 4.90 Å². The van der Waals surface area contributed by atoms with Crippen molar-refractivity contribution in [1.29, 1.82) is 0 Å². The summed E-state index contributed by atoms with van der Waals surface area (Å²) in [4.78, 5) is 2.47. The fourth-order valence-corrected chi connectivity index (χ4v) is 2.07. The van der Waals surface area contributed by atoms with Crippen LogP contribution in [-0.2, 0) is 6.42 Å². The van der Waals surface area contributed by atoms with Crippen LogP contribution in [0.1, 0.15) is 32.8 Å². The standard InChI is InChI=1S/C14H23NO/c1-4-15(5-2)12(3)6-7-13-8-10-14(16)11-9-13/h8-12,16H,4-7H2,1-3H3. The summed E-state index contributed by atoms with van der Waals surface area (Å²) >= 11 is 0. The number of aromatic hydroxyl groups is 1. The Balaban J connectivity index is 2.42. The smallest absolute Gasteiger partial charge is 0.115 e. The zero-order valence-electron chi connectivity index (χ0n) is 10.6. The number of rotatable bonds is 6. The molecule has 1 N–H and O–H groups in total. The first-order valence-electron chi connectivity index (χ1n) is 6.19. The van der Waals surface area contributed by atoms with Crippen LogP contribution in [0.2, 0.25) is 0 Å². The molecule has 0 radical (unpaired) electrons. The Labute approximate surface area is 98.9 Å². The molecule has 0 saturated heterocycles. The molecule has 0 spiro atoms. The summed E-state index contributed by atoms with van der Waals surface area (Å²) in [6, 6.07) is 8.16. The van der Waals surface area contributed by atoms with E-state index in [2.05, 4.69) is 25.7 Å². The normalized spacial score (nSPS) is 13.0. The van der Waals surface area contributed by atoms with Gasteiger partial charge in [-0.3, -0.25) is 0 Å². The first kappa shape index (κ1) is 13.0. The van der Waals surface area contributed by atoms with Gasteiger partial charge in [-0.05, 0) is 50.6 Å². The molecule has 16 heavy (non-hydrogen) atoms. The van der Waals surface area contributed by atoms with Crippen LogP contribution in [0.15, 0.2) is 24.3 Å². The third-order valence-corrected chi connectivity index (χ3v) is 3.22. The minimum atomic E-state index is 0.348. The number of aryl methyl sites for hydroxylation is 1. The van der Waals surface area contributed by atoms with Gasteiger partial charge in [0, 0.05) is 6.04 Å². The van der Waals surface area contributed by atoms with Crippen molar-refractivity contribution in [2.24, 2.45) is 0 Å². The molecule has 0 aromatic heterocycles. The molecule has 0 heterocycles. The summed E-state index contributed by atoms with van der Waals surface area (Å²) in [5.41, 5.74) is 1.30. The minimum absolute atomic E-state index is 0.348. The second kappa shape index (κ2) is 6.54. The van der Waals surface area contributed by atoms with Crippen LogP contribution in [0.4, 0.5) is 0 Å². The van der Waals surface area contributed by atoms with Crippen molar-refractivity contribution in [3.63, 3.8) is 0 Å². The maximum absolute atomic E-state index is 9.19. The average Bonchev–Trinajstić information content (AvgIpc) is 2.30. The largest absolute Gasteiger partial charge is 0.508 e. The van der Waals surface area contributed by atoms with Gasteiger partial charge in [-0.2, -0.15) is 0 Å². The molecule has 2 nitrogen and oxygen atoms in total. The fourth-order valence-electron chi connectivity index (χ4n) is 2.07. The van der Waals surface area contributed by atoms with E-state index in [0.717, 1.165) is 19.5 Å². The van der Waals surface area contributed by atoms with E-state index >= 15 is 0 Å². The van der Waals surface area contributed by atoms with Gasteiger partial charge in [-0.15, -0.1) is 0 Å². The Morgan fingerprint density at radius 1 is 1.12 bits per heavy atom. The Hall–Kier alpha value is -1.02. The van der Waals surface area contributed by atoms with Gasteiger partial charge in [0.05, 0.1) is 0 Å². The lowest BCUT2D eigenvalue weighted by Gasteiger charge is -2.26. The molecule has 0 bridgehead atoms. The summed E-state index contributed by atoms with van der Waals surface area (Å²) in [6.07, 6.45) is 2.25. The van der Waals surface area contributed by atoms with E-state index in [1.807, 2.05) is 12.1 Å². The summed E-state index contributed by atoms with van der Waals surface area (Å²) in [5, 5.41) is 9.19. The molecule has 0 saturated carbocycles. The highest BCUT2D eigenvalue weighted by molar-refractivity contribution is 5.25. The number of phenolic OH excluding ortho intramolecular Hbond substituents is 1. The summed E-state index contributed by atoms with van der Waals surface area (Å²) in [7, 11) is 0. The lowest BCUT2D eigenvalue weighted by atomic mass is 10.1. The van der Waals surface area contributed by atoms with Crippen molar-refractivity contribution in [3.8, 4) is 5.75 Å². The van der Waals surface area contributed by atoms with Gasteiger partial charge in [0.15, 0.2) is 0 Å². The highest BCUT2D eigenvalue weighted by atomic mass is 16.3. The van der Waals surface area contributed by atoms with Crippen molar-refractivity contribution < 1.29 is 5.11 Å². The quantitative estimate of drug-likeness (QED) is 0.798. The number of hydrogen-bond donors (Lipinski definition) is 1. The van der Waals surface area contributed by atoms with Crippen LogP contribution in [0, 0.1) is 0 Å². The molecule has 1 rings (SSSR count). The molecule has 1 atom stereocenters. The van der Waals surface area contributed by atoms with Gasteiger partial charge in [-0.1, -0.05) is 26.0 Å². The van der Waals surface area contributed by atoms with E-state index < -0.39 is 0 Å². The van der Waals surface area contributed by atoms with Gasteiger partial charge in [0.25, 0.3) is 0 Å². The molecule has 1 unspecified atom stereocenters. The number of benzene rings is 1. The monoisotopic (exact) mass is 221 g/mol. The fraction of sp³-hybridized carbons (Fsp3) is 0.571. The Kier molecular flexibility index (Phi) is 5.33. The van der Waals surface area contributed by atoms with Gasteiger partial charge >= 0.3 is 0 Å². The summed E-state index contributed by atoms with van der Waals surface area (Å²) in [6.45, 7) is 8.94. The highest BCUT2D eigenvalue weighted by Crippen LogP contribution is 2.13. The van der Waals surface area contributed by atoms with Crippen LogP contribution >= 0.6 is 0 Å². The maximum atomic E-state index is 9.19. The number of hydrogen-bond acceptors (Lipinski definition) is 2. The SMILES string of the molecule is CCN(CC)C(C)CCc1ccc(O)cc1. The predicted molar refractivity (Wildman–Crippen MR) is 68.8 cm³/mol. The zero-order chi connectivity index (χ0) is 12.0. The third kappa shape index (κ3) is 3.86. The highest BCUT2D eigenvalue weighted by Gasteiger charge is 2.09. The molecule has 90 valence electrons. The van der Waals surface area contributed by atoms with Crippen LogP contribution in [-0.4, -0.2) is 29.1 Å². The first-order valence-corrected chi connectivity index (χ1v) is 6.19. The van der Waals surface area contributed by atoms with Crippen molar-refractivity contribution in [2.45, 2.75) is 39.7 Å². The summed E-state index contributed by atoms with van der Waals surface area (Å²) < 4.78 is 0. The molecule has 0 aliphatic rings. The molecule has 0 fully saturated rings. The van der Waals surface area contributed by atoms with Crippen molar-refractivity contribution in [3.05, 3.63) is 29.8 Å². The topological polar surface area (TPSA) is 23.5 Å². The zero-order valence-corrected chi connectivity index (χ0v) is 10.6. The molecule has 1 aromatic rings. The number of phenols is 1. The van der Waals surface area contributed by atoms with Gasteiger partial charge in [0.1, 0.15) is 5.75 Å². The summed E-state index contributed by atoms with van der Waals surface area (Å²) in [5.74, 6) is 0.348. The van der Waals surface area contributed by atoms with E-state index in [1.165, 1.54) is 12.0 Å². The van der Waals surface area contributed by atoms with Crippen LogP contribution in [0.5, 0.6) is 5.75 Å². The molecule has 2 heteroatoms. The van der Waals surface area contributed by atoms with Gasteiger partial charge in [0.2, 0.25) is 0 Å². The lowest BCUT2D eigenvalue weighted by Crippen LogP contribution is -2.32. The molecule has 1 aromatic carbocycles. The minimum Gasteiger partial charge on any atom is -0.508 e. The first-order chi connectivity index (χ1) is 7.67. The van der Waals surface area contributed by atoms with Crippen molar-refractivity contribution in [2.75, 3.05) is 13.1 Å². The number of nitrogens with zero attached hydrogens (tertiary/aromatic N) is 1. The van der Waals surface area contributed by atoms with E-state index in [9.17, 15) is 5.11 Å². The predicted octanol–water partition coefficient (Wildman–Crippen LogP) is 3.06. The second-order valence-corrected chi connectivity index (χ2v) is 4.28. The molecule has 0 aliphatic carbocycles. The average molecular weight is 221 g/mol. The van der Waals surface area contributed by atoms with Gasteiger partial charge < -0.3 is 10.0 Å². The Bertz CT molecular complexity index is 290. The van der Waals surface area contributed by atoms with E-state index in [4.69, 9.17) is 0 Å². The van der Waals surface area contributed by atoms with Crippen molar-refractivity contribution >= 4 is 0 Å². The Morgan fingerprint density at radius 3 is 2.19 bits per heavy atom. The molecular formula is C14H23NO. The van der Waals surface area contributed by atoms with E-state index in [-0.39, 0.29) is 0 Å². The van der Waals surface area contributed by atoms with Crippen LogP contribution in [0.3, 0.4) is 0 Å². The third-order valence-electron chi connectivity index (χ3n) is 3.22.